The topological polar surface area (TPSA) is 203 Å². The molecule has 9 atom stereocenters. The molecule has 2 heterocycles. The molecule has 2 aliphatic rings. The van der Waals surface area contributed by atoms with Crippen LogP contribution in [0.5, 0.6) is 0 Å². The van der Waals surface area contributed by atoms with Crippen LogP contribution in [0.4, 0.5) is 0 Å². The van der Waals surface area contributed by atoms with Gasteiger partial charge in [0, 0.05) is 48.5 Å². The zero-order chi connectivity index (χ0) is 32.4. The normalized spacial score (nSPS) is 30.2. The monoisotopic (exact) mass is 636 g/mol. The van der Waals surface area contributed by atoms with Crippen LogP contribution >= 0.6 is 11.8 Å². The van der Waals surface area contributed by atoms with Crippen LogP contribution in [0.25, 0.3) is 0 Å². The smallest absolute Gasteiger partial charge is 0.303 e. The highest BCUT2D eigenvalue weighted by molar-refractivity contribution is 8.00. The Balaban J connectivity index is 2.53. The number of thioether (sulfide) groups is 1. The molecule has 2 aliphatic heterocycles. The van der Waals surface area contributed by atoms with Crippen LogP contribution in [-0.4, -0.2) is 115 Å². The lowest BCUT2D eigenvalue weighted by molar-refractivity contribution is -0.237. The lowest BCUT2D eigenvalue weighted by Crippen LogP contribution is -2.63. The highest BCUT2D eigenvalue weighted by atomic mass is 32.2. The summed E-state index contributed by atoms with van der Waals surface area (Å²) in [7, 11) is 0. The molecule has 2 fully saturated rings. The zero-order valence-corrected chi connectivity index (χ0v) is 25.6. The molecule has 0 aliphatic carbocycles. The van der Waals surface area contributed by atoms with Crippen molar-refractivity contribution in [3.05, 3.63) is 0 Å². The molecule has 0 N–H and O–H groups in total. The van der Waals surface area contributed by atoms with Gasteiger partial charge >= 0.3 is 41.8 Å². The molecule has 0 spiro atoms. The summed E-state index contributed by atoms with van der Waals surface area (Å²) in [5.41, 5.74) is -1.23. The van der Waals surface area contributed by atoms with Gasteiger partial charge in [0.1, 0.15) is 30.9 Å². The van der Waals surface area contributed by atoms with E-state index in [2.05, 4.69) is 0 Å². The van der Waals surface area contributed by atoms with Gasteiger partial charge < -0.3 is 42.6 Å². The average Bonchev–Trinajstić information content (AvgIpc) is 2.86. The molecule has 0 aromatic carbocycles. The number of ether oxygens (including phenoxy) is 9. The van der Waals surface area contributed by atoms with Crippen molar-refractivity contribution in [3.8, 4) is 0 Å². The number of carbonyl (C=O) groups excluding carboxylic acids is 7. The quantitative estimate of drug-likeness (QED) is 0.216. The molecule has 0 bridgehead atoms. The van der Waals surface area contributed by atoms with Gasteiger partial charge in [-0.25, -0.2) is 0 Å². The van der Waals surface area contributed by atoms with Crippen molar-refractivity contribution >= 4 is 53.5 Å². The van der Waals surface area contributed by atoms with Crippen molar-refractivity contribution in [1.29, 1.82) is 0 Å². The van der Waals surface area contributed by atoms with E-state index in [0.717, 1.165) is 53.3 Å². The third kappa shape index (κ3) is 11.3. The van der Waals surface area contributed by atoms with Crippen LogP contribution in [0.3, 0.4) is 0 Å². The first kappa shape index (κ1) is 35.8. The molecule has 0 saturated carbocycles. The summed E-state index contributed by atoms with van der Waals surface area (Å²) >= 11 is 0.916. The molecule has 0 unspecified atom stereocenters. The Kier molecular flexibility index (Phi) is 13.7. The third-order valence-electron chi connectivity index (χ3n) is 5.84. The number of carbonyl (C=O) groups is 7. The fourth-order valence-corrected chi connectivity index (χ4v) is 5.87. The Hall–Kier alpha value is -3.44. The van der Waals surface area contributed by atoms with Crippen molar-refractivity contribution in [3.63, 3.8) is 0 Å². The first-order valence-electron chi connectivity index (χ1n) is 13.1. The maximum Gasteiger partial charge on any atom is 0.303 e. The van der Waals surface area contributed by atoms with Crippen LogP contribution in [0, 0.1) is 0 Å². The van der Waals surface area contributed by atoms with Gasteiger partial charge in [0.05, 0.1) is 11.9 Å². The molecule has 242 valence electrons. The fraction of sp³-hybridized carbons (Fsp3) is 0.731. The molecule has 0 amide bonds. The van der Waals surface area contributed by atoms with E-state index in [1.165, 1.54) is 6.92 Å². The van der Waals surface area contributed by atoms with Crippen molar-refractivity contribution in [1.82, 2.24) is 0 Å². The summed E-state index contributed by atoms with van der Waals surface area (Å²) in [6, 6.07) is 0. The Morgan fingerprint density at radius 1 is 0.535 bits per heavy atom. The van der Waals surface area contributed by atoms with Crippen LogP contribution < -0.4 is 0 Å². The summed E-state index contributed by atoms with van der Waals surface area (Å²) < 4.78 is 49.4. The molecule has 16 nitrogen and oxygen atoms in total. The summed E-state index contributed by atoms with van der Waals surface area (Å²) in [5, 5.41) is -0.873. The van der Waals surface area contributed by atoms with E-state index < -0.39 is 102 Å². The summed E-state index contributed by atoms with van der Waals surface area (Å²) in [6.45, 7) is 6.95. The largest absolute Gasteiger partial charge is 0.463 e. The van der Waals surface area contributed by atoms with Crippen LogP contribution in [0.2, 0.25) is 0 Å². The van der Waals surface area contributed by atoms with E-state index in [4.69, 9.17) is 42.6 Å². The SMILES string of the molecule is CC(=O)OC[C@H]1OC[C@@H](S[C@@H]2O[C@H](COC(C)=O)[C@@H](OC(C)=O)[C@H](OC(C)=O)[C@H]2OC(C)=O)[C@H](OC(C)=O)[C@H]1OC(C)=O. The van der Waals surface area contributed by atoms with Crippen LogP contribution in [0.1, 0.15) is 48.5 Å². The number of hydrogen-bond acceptors (Lipinski definition) is 17. The minimum Gasteiger partial charge on any atom is -0.463 e. The second-order valence-electron chi connectivity index (χ2n) is 9.56. The molecule has 0 aromatic rings. The second-order valence-corrected chi connectivity index (χ2v) is 10.9. The number of esters is 7. The standard InChI is InChI=1S/C26H36O16S/c1-11(27)34-8-18-21(37-13(3)29)23(39-15(5)31)20(10-36-18)43-26-25(41-17(7)33)24(40-16(6)32)22(38-14(4)30)19(42-26)9-35-12(2)28/h18-26H,8-10H2,1-7H3/t18-,19-,20-,21+,22-,23+,24+,25-,26+/m1/s1. The molecule has 2 saturated heterocycles. The van der Waals surface area contributed by atoms with Crippen molar-refractivity contribution in [2.24, 2.45) is 0 Å². The second kappa shape index (κ2) is 16.4. The van der Waals surface area contributed by atoms with Gasteiger partial charge in [-0.05, 0) is 0 Å². The molecular formula is C26H36O16S. The van der Waals surface area contributed by atoms with Gasteiger partial charge in [0.2, 0.25) is 0 Å². The maximum absolute atomic E-state index is 12.2. The predicted molar refractivity (Wildman–Crippen MR) is 141 cm³/mol. The zero-order valence-electron chi connectivity index (χ0n) is 24.8. The maximum atomic E-state index is 12.2. The minimum atomic E-state index is -1.42. The molecule has 0 radical (unpaired) electrons. The summed E-state index contributed by atoms with van der Waals surface area (Å²) in [4.78, 5) is 83.4. The van der Waals surface area contributed by atoms with Crippen molar-refractivity contribution < 1.29 is 76.2 Å². The van der Waals surface area contributed by atoms with Crippen LogP contribution in [0.15, 0.2) is 0 Å². The lowest BCUT2D eigenvalue weighted by Gasteiger charge is -2.46. The highest BCUT2D eigenvalue weighted by Crippen LogP contribution is 2.40. The fourth-order valence-electron chi connectivity index (χ4n) is 4.43. The highest BCUT2D eigenvalue weighted by Gasteiger charge is 2.55. The molecule has 0 aromatic heterocycles. The molecule has 2 rings (SSSR count). The van der Waals surface area contributed by atoms with Gasteiger partial charge in [-0.1, -0.05) is 0 Å². The summed E-state index contributed by atoms with van der Waals surface area (Å²) in [6.07, 6.45) is -8.83. The van der Waals surface area contributed by atoms with Gasteiger partial charge in [-0.3, -0.25) is 33.6 Å². The van der Waals surface area contributed by atoms with Crippen LogP contribution in [-0.2, 0) is 76.2 Å². The number of hydrogen-bond donors (Lipinski definition) is 0. The van der Waals surface area contributed by atoms with E-state index in [-0.39, 0.29) is 13.2 Å². The number of rotatable bonds is 11. The molecular weight excluding hydrogens is 600 g/mol. The van der Waals surface area contributed by atoms with Gasteiger partial charge in [-0.2, -0.15) is 0 Å². The molecule has 17 heteroatoms. The first-order valence-corrected chi connectivity index (χ1v) is 14.1. The van der Waals surface area contributed by atoms with Crippen molar-refractivity contribution in [2.45, 2.75) is 102 Å². The first-order chi connectivity index (χ1) is 20.1. The van der Waals surface area contributed by atoms with Crippen molar-refractivity contribution in [2.75, 3.05) is 19.8 Å². The minimum absolute atomic E-state index is 0.167. The Morgan fingerprint density at radius 3 is 1.40 bits per heavy atom. The van der Waals surface area contributed by atoms with Gasteiger partial charge in [0.25, 0.3) is 0 Å². The predicted octanol–water partition coefficient (Wildman–Crippen LogP) is -0.00340. The molecule has 43 heavy (non-hydrogen) atoms. The van der Waals surface area contributed by atoms with E-state index in [1.807, 2.05) is 0 Å². The van der Waals surface area contributed by atoms with Gasteiger partial charge in [-0.15, -0.1) is 11.8 Å². The van der Waals surface area contributed by atoms with E-state index in [0.29, 0.717) is 0 Å². The Bertz CT molecular complexity index is 1060. The lowest BCUT2D eigenvalue weighted by atomic mass is 9.99. The Morgan fingerprint density at radius 2 is 0.930 bits per heavy atom. The van der Waals surface area contributed by atoms with Gasteiger partial charge in [0.15, 0.2) is 30.5 Å². The summed E-state index contributed by atoms with van der Waals surface area (Å²) in [5.74, 6) is -5.17. The van der Waals surface area contributed by atoms with E-state index in [1.54, 1.807) is 0 Å². The third-order valence-corrected chi connectivity index (χ3v) is 7.24. The average molecular weight is 637 g/mol. The van der Waals surface area contributed by atoms with E-state index >= 15 is 0 Å². The van der Waals surface area contributed by atoms with E-state index in [9.17, 15) is 33.6 Å². The Labute approximate surface area is 251 Å².